The highest BCUT2D eigenvalue weighted by molar-refractivity contribution is 7.99. The zero-order valence-electron chi connectivity index (χ0n) is 11.2. The molecule has 1 nitrogen and oxygen atoms in total. The fraction of sp³-hybridized carbons (Fsp3) is 0.867. The van der Waals surface area contributed by atoms with Crippen molar-refractivity contribution < 1.29 is 0 Å². The van der Waals surface area contributed by atoms with Crippen molar-refractivity contribution in [3.63, 3.8) is 0 Å². The van der Waals surface area contributed by atoms with Gasteiger partial charge in [0.05, 0.1) is 0 Å². The van der Waals surface area contributed by atoms with Crippen molar-refractivity contribution in [3.05, 3.63) is 12.7 Å². The van der Waals surface area contributed by atoms with Gasteiger partial charge < -0.3 is 5.73 Å². The minimum absolute atomic E-state index is 0.422. The normalized spacial score (nSPS) is 19.1. The van der Waals surface area contributed by atoms with Crippen LogP contribution in [-0.4, -0.2) is 17.0 Å². The SMILES string of the molecule is C=CCCCCCC(N)CSC1CCCCC1. The van der Waals surface area contributed by atoms with E-state index >= 15 is 0 Å². The van der Waals surface area contributed by atoms with Crippen LogP contribution < -0.4 is 5.73 Å². The fourth-order valence-corrected chi connectivity index (χ4v) is 3.80. The first-order chi connectivity index (χ1) is 8.33. The van der Waals surface area contributed by atoms with E-state index in [1.54, 1.807) is 0 Å². The maximum Gasteiger partial charge on any atom is 0.0130 e. The van der Waals surface area contributed by atoms with Crippen molar-refractivity contribution in [2.45, 2.75) is 75.5 Å². The zero-order valence-corrected chi connectivity index (χ0v) is 12.0. The molecule has 1 saturated carbocycles. The summed E-state index contributed by atoms with van der Waals surface area (Å²) in [5.74, 6) is 1.17. The summed E-state index contributed by atoms with van der Waals surface area (Å²) in [5, 5.41) is 0.913. The molecule has 0 aromatic carbocycles. The third-order valence-corrected chi connectivity index (χ3v) is 5.14. The summed E-state index contributed by atoms with van der Waals surface area (Å²) in [7, 11) is 0. The first-order valence-corrected chi connectivity index (χ1v) is 8.36. The van der Waals surface area contributed by atoms with Gasteiger partial charge in [0.1, 0.15) is 0 Å². The van der Waals surface area contributed by atoms with E-state index in [9.17, 15) is 0 Å². The molecule has 0 saturated heterocycles. The Balaban J connectivity index is 1.92. The Morgan fingerprint density at radius 3 is 2.65 bits per heavy atom. The van der Waals surface area contributed by atoms with Gasteiger partial charge in [0.15, 0.2) is 0 Å². The lowest BCUT2D eigenvalue weighted by molar-refractivity contribution is 0.514. The molecule has 1 aliphatic carbocycles. The molecule has 100 valence electrons. The highest BCUT2D eigenvalue weighted by Gasteiger charge is 2.14. The molecule has 0 spiro atoms. The van der Waals surface area contributed by atoms with Gasteiger partial charge in [-0.2, -0.15) is 11.8 Å². The molecule has 0 bridgehead atoms. The average molecular weight is 255 g/mol. The van der Waals surface area contributed by atoms with Gasteiger partial charge >= 0.3 is 0 Å². The van der Waals surface area contributed by atoms with Crippen molar-refractivity contribution in [3.8, 4) is 0 Å². The first kappa shape index (κ1) is 15.1. The van der Waals surface area contributed by atoms with Gasteiger partial charge in [0.2, 0.25) is 0 Å². The molecular formula is C15H29NS. The molecule has 0 radical (unpaired) electrons. The predicted octanol–water partition coefficient (Wildman–Crippen LogP) is 4.52. The molecule has 0 aromatic heterocycles. The monoisotopic (exact) mass is 255 g/mol. The Hall–Kier alpha value is 0.0500. The number of hydrogen-bond acceptors (Lipinski definition) is 2. The van der Waals surface area contributed by atoms with Gasteiger partial charge in [0, 0.05) is 17.0 Å². The Kier molecular flexibility index (Phi) is 8.90. The first-order valence-electron chi connectivity index (χ1n) is 7.31. The molecule has 0 aliphatic heterocycles. The lowest BCUT2D eigenvalue weighted by Crippen LogP contribution is -2.24. The van der Waals surface area contributed by atoms with Crippen LogP contribution in [0.5, 0.6) is 0 Å². The molecule has 1 fully saturated rings. The van der Waals surface area contributed by atoms with Crippen molar-refractivity contribution >= 4 is 11.8 Å². The summed E-state index contributed by atoms with van der Waals surface area (Å²) >= 11 is 2.13. The standard InChI is InChI=1S/C15H29NS/c1-2-3-4-5-7-10-14(16)13-17-15-11-8-6-9-12-15/h2,14-15H,1,3-13,16H2. The van der Waals surface area contributed by atoms with Crippen molar-refractivity contribution in [2.24, 2.45) is 5.73 Å². The molecule has 1 unspecified atom stereocenters. The maximum atomic E-state index is 6.16. The minimum Gasteiger partial charge on any atom is -0.327 e. The van der Waals surface area contributed by atoms with Crippen molar-refractivity contribution in [2.75, 3.05) is 5.75 Å². The van der Waals surface area contributed by atoms with Gasteiger partial charge in [-0.25, -0.2) is 0 Å². The number of thioether (sulfide) groups is 1. The van der Waals surface area contributed by atoms with Crippen molar-refractivity contribution in [1.82, 2.24) is 0 Å². The van der Waals surface area contributed by atoms with Crippen LogP contribution in [0.2, 0.25) is 0 Å². The molecule has 0 heterocycles. The van der Waals surface area contributed by atoms with E-state index in [0.29, 0.717) is 6.04 Å². The summed E-state index contributed by atoms with van der Waals surface area (Å²) in [4.78, 5) is 0. The summed E-state index contributed by atoms with van der Waals surface area (Å²) in [6.07, 6.45) is 15.4. The summed E-state index contributed by atoms with van der Waals surface area (Å²) in [5.41, 5.74) is 6.16. The second kappa shape index (κ2) is 10.0. The topological polar surface area (TPSA) is 26.0 Å². The molecule has 1 rings (SSSR count). The Bertz CT molecular complexity index is 187. The van der Waals surface area contributed by atoms with E-state index in [0.717, 1.165) is 11.7 Å². The van der Waals surface area contributed by atoms with E-state index in [4.69, 9.17) is 5.73 Å². The summed E-state index contributed by atoms with van der Waals surface area (Å²) < 4.78 is 0. The van der Waals surface area contributed by atoms with Crippen LogP contribution in [0.1, 0.15) is 64.2 Å². The highest BCUT2D eigenvalue weighted by Crippen LogP contribution is 2.28. The third kappa shape index (κ3) is 7.88. The largest absolute Gasteiger partial charge is 0.327 e. The molecule has 0 aromatic rings. The maximum absolute atomic E-state index is 6.16. The second-order valence-corrected chi connectivity index (χ2v) is 6.61. The Morgan fingerprint density at radius 1 is 1.18 bits per heavy atom. The molecule has 2 N–H and O–H groups in total. The second-order valence-electron chi connectivity index (χ2n) is 5.28. The van der Waals surface area contributed by atoms with Crippen LogP contribution in [0.4, 0.5) is 0 Å². The van der Waals surface area contributed by atoms with E-state index in [1.807, 2.05) is 6.08 Å². The molecule has 0 amide bonds. The molecule has 1 atom stereocenters. The number of hydrogen-bond donors (Lipinski definition) is 1. The molecular weight excluding hydrogens is 226 g/mol. The van der Waals surface area contributed by atoms with Crippen LogP contribution in [-0.2, 0) is 0 Å². The number of allylic oxidation sites excluding steroid dienone is 1. The van der Waals surface area contributed by atoms with Crippen molar-refractivity contribution in [1.29, 1.82) is 0 Å². The van der Waals surface area contributed by atoms with Crippen LogP contribution in [0.15, 0.2) is 12.7 Å². The lowest BCUT2D eigenvalue weighted by atomic mass is 10.0. The van der Waals surface area contributed by atoms with Crippen LogP contribution in [0.25, 0.3) is 0 Å². The van der Waals surface area contributed by atoms with Gasteiger partial charge in [-0.05, 0) is 32.1 Å². The molecule has 17 heavy (non-hydrogen) atoms. The van der Waals surface area contributed by atoms with E-state index < -0.39 is 0 Å². The Labute approximate surface area is 112 Å². The number of rotatable bonds is 9. The van der Waals surface area contributed by atoms with Gasteiger partial charge in [0.25, 0.3) is 0 Å². The third-order valence-electron chi connectivity index (χ3n) is 3.58. The van der Waals surface area contributed by atoms with E-state index in [1.165, 1.54) is 63.5 Å². The zero-order chi connectivity index (χ0) is 12.3. The van der Waals surface area contributed by atoms with Gasteiger partial charge in [-0.1, -0.05) is 38.2 Å². The smallest absolute Gasteiger partial charge is 0.0130 e. The molecule has 1 aliphatic rings. The van der Waals surface area contributed by atoms with Gasteiger partial charge in [-0.15, -0.1) is 6.58 Å². The predicted molar refractivity (Wildman–Crippen MR) is 80.6 cm³/mol. The van der Waals surface area contributed by atoms with E-state index in [-0.39, 0.29) is 0 Å². The number of unbranched alkanes of at least 4 members (excludes halogenated alkanes) is 3. The molecule has 2 heteroatoms. The average Bonchev–Trinajstić information content (AvgIpc) is 2.37. The van der Waals surface area contributed by atoms with Crippen LogP contribution in [0.3, 0.4) is 0 Å². The lowest BCUT2D eigenvalue weighted by Gasteiger charge is -2.22. The van der Waals surface area contributed by atoms with Gasteiger partial charge in [-0.3, -0.25) is 0 Å². The highest BCUT2D eigenvalue weighted by atomic mass is 32.2. The summed E-state index contributed by atoms with van der Waals surface area (Å²) in [6, 6.07) is 0.422. The quantitative estimate of drug-likeness (QED) is 0.484. The van der Waals surface area contributed by atoms with Crippen LogP contribution in [0, 0.1) is 0 Å². The van der Waals surface area contributed by atoms with E-state index in [2.05, 4.69) is 18.3 Å². The Morgan fingerprint density at radius 2 is 1.94 bits per heavy atom. The van der Waals surface area contributed by atoms with Crippen LogP contribution >= 0.6 is 11.8 Å². The minimum atomic E-state index is 0.422. The summed E-state index contributed by atoms with van der Waals surface area (Å²) in [6.45, 7) is 3.75. The number of nitrogens with two attached hydrogens (primary N) is 1. The fourth-order valence-electron chi connectivity index (χ4n) is 2.45.